The highest BCUT2D eigenvalue weighted by atomic mass is 14.9. The van der Waals surface area contributed by atoms with E-state index in [9.17, 15) is 0 Å². The van der Waals surface area contributed by atoms with E-state index in [-0.39, 0.29) is 5.41 Å². The standard InChI is InChI=1S/C21H24N2/c1-2-16-4-3-5-17(12-16)14-21(9-11-22-15-21)19-6-7-20-18(13-19)8-10-23-20/h3-8,10,12-13,22-23H,2,9,11,14-15H2,1H3/t21-/m1/s1. The summed E-state index contributed by atoms with van der Waals surface area (Å²) in [6.07, 6.45) is 5.45. The van der Waals surface area contributed by atoms with E-state index in [1.165, 1.54) is 34.0 Å². The summed E-state index contributed by atoms with van der Waals surface area (Å²) >= 11 is 0. The molecule has 1 fully saturated rings. The number of hydrogen-bond donors (Lipinski definition) is 2. The van der Waals surface area contributed by atoms with Gasteiger partial charge in [0, 0.05) is 23.7 Å². The van der Waals surface area contributed by atoms with Gasteiger partial charge in [0.25, 0.3) is 0 Å². The van der Waals surface area contributed by atoms with Crippen molar-refractivity contribution in [3.63, 3.8) is 0 Å². The van der Waals surface area contributed by atoms with Crippen LogP contribution in [-0.4, -0.2) is 18.1 Å². The van der Waals surface area contributed by atoms with Gasteiger partial charge in [0.05, 0.1) is 0 Å². The number of aromatic amines is 1. The predicted molar refractivity (Wildman–Crippen MR) is 97.0 cm³/mol. The molecule has 1 atom stereocenters. The van der Waals surface area contributed by atoms with E-state index < -0.39 is 0 Å². The Balaban J connectivity index is 1.73. The number of aromatic nitrogens is 1. The lowest BCUT2D eigenvalue weighted by atomic mass is 9.74. The van der Waals surface area contributed by atoms with Crippen LogP contribution in [0.5, 0.6) is 0 Å². The molecule has 1 aliphatic rings. The van der Waals surface area contributed by atoms with Gasteiger partial charge >= 0.3 is 0 Å². The van der Waals surface area contributed by atoms with E-state index in [1.54, 1.807) is 0 Å². The second kappa shape index (κ2) is 5.86. The van der Waals surface area contributed by atoms with Crippen LogP contribution in [0.4, 0.5) is 0 Å². The van der Waals surface area contributed by atoms with Gasteiger partial charge in [-0.05, 0) is 66.1 Å². The van der Waals surface area contributed by atoms with Crippen LogP contribution in [-0.2, 0) is 18.3 Å². The Labute approximate surface area is 137 Å². The molecule has 0 radical (unpaired) electrons. The van der Waals surface area contributed by atoms with Crippen molar-refractivity contribution in [1.82, 2.24) is 10.3 Å². The smallest absolute Gasteiger partial charge is 0.0454 e. The van der Waals surface area contributed by atoms with Crippen molar-refractivity contribution in [1.29, 1.82) is 0 Å². The molecule has 0 unspecified atom stereocenters. The molecule has 2 nitrogen and oxygen atoms in total. The maximum absolute atomic E-state index is 3.59. The van der Waals surface area contributed by atoms with Gasteiger partial charge < -0.3 is 10.3 Å². The highest BCUT2D eigenvalue weighted by Gasteiger charge is 2.35. The van der Waals surface area contributed by atoms with E-state index in [2.05, 4.69) is 65.8 Å². The molecule has 2 heteroatoms. The Bertz CT molecular complexity index is 809. The minimum absolute atomic E-state index is 0.220. The second-order valence-corrected chi connectivity index (χ2v) is 6.84. The minimum Gasteiger partial charge on any atom is -0.361 e. The van der Waals surface area contributed by atoms with Crippen LogP contribution < -0.4 is 5.32 Å². The first-order chi connectivity index (χ1) is 11.3. The topological polar surface area (TPSA) is 27.8 Å². The maximum Gasteiger partial charge on any atom is 0.0454 e. The van der Waals surface area contributed by atoms with Crippen LogP contribution in [0.15, 0.2) is 54.7 Å². The monoisotopic (exact) mass is 304 g/mol. The fourth-order valence-corrected chi connectivity index (χ4v) is 3.98. The third-order valence-corrected chi connectivity index (χ3v) is 5.35. The molecule has 23 heavy (non-hydrogen) atoms. The summed E-state index contributed by atoms with van der Waals surface area (Å²) in [5, 5.41) is 4.91. The number of fused-ring (bicyclic) bond motifs is 1. The molecule has 118 valence electrons. The van der Waals surface area contributed by atoms with Crippen molar-refractivity contribution < 1.29 is 0 Å². The van der Waals surface area contributed by atoms with Crippen molar-refractivity contribution in [3.8, 4) is 0 Å². The zero-order valence-electron chi connectivity index (χ0n) is 13.7. The van der Waals surface area contributed by atoms with Crippen LogP contribution in [0.2, 0.25) is 0 Å². The van der Waals surface area contributed by atoms with E-state index in [0.29, 0.717) is 0 Å². The second-order valence-electron chi connectivity index (χ2n) is 6.84. The van der Waals surface area contributed by atoms with Crippen LogP contribution >= 0.6 is 0 Å². The molecule has 1 aliphatic heterocycles. The number of nitrogens with one attached hydrogen (secondary N) is 2. The third-order valence-electron chi connectivity index (χ3n) is 5.35. The summed E-state index contributed by atoms with van der Waals surface area (Å²) in [5.41, 5.74) is 5.81. The Kier molecular flexibility index (Phi) is 3.70. The fourth-order valence-electron chi connectivity index (χ4n) is 3.98. The van der Waals surface area contributed by atoms with Gasteiger partial charge in [0.2, 0.25) is 0 Å². The maximum atomic E-state index is 3.59. The molecule has 0 bridgehead atoms. The van der Waals surface area contributed by atoms with Crippen LogP contribution in [0.3, 0.4) is 0 Å². The first-order valence-corrected chi connectivity index (χ1v) is 8.65. The molecule has 0 aliphatic carbocycles. The van der Waals surface area contributed by atoms with Crippen molar-refractivity contribution >= 4 is 10.9 Å². The van der Waals surface area contributed by atoms with E-state index in [1.807, 2.05) is 6.20 Å². The van der Waals surface area contributed by atoms with Gasteiger partial charge in [-0.15, -0.1) is 0 Å². The van der Waals surface area contributed by atoms with Crippen molar-refractivity contribution in [3.05, 3.63) is 71.4 Å². The molecule has 1 aromatic heterocycles. The lowest BCUT2D eigenvalue weighted by Gasteiger charge is -2.29. The number of benzene rings is 2. The predicted octanol–water partition coefficient (Wildman–Crippen LogP) is 4.20. The number of aryl methyl sites for hydroxylation is 1. The highest BCUT2D eigenvalue weighted by molar-refractivity contribution is 5.80. The van der Waals surface area contributed by atoms with E-state index >= 15 is 0 Å². The van der Waals surface area contributed by atoms with Gasteiger partial charge in [0.1, 0.15) is 0 Å². The Morgan fingerprint density at radius 1 is 1.04 bits per heavy atom. The quantitative estimate of drug-likeness (QED) is 0.742. The average Bonchev–Trinajstić information content (AvgIpc) is 3.24. The Morgan fingerprint density at radius 2 is 1.96 bits per heavy atom. The van der Waals surface area contributed by atoms with Crippen LogP contribution in [0.1, 0.15) is 30.0 Å². The molecule has 2 N–H and O–H groups in total. The molecular weight excluding hydrogens is 280 g/mol. The molecule has 1 saturated heterocycles. The normalized spacial score (nSPS) is 21.1. The molecule has 0 saturated carbocycles. The Morgan fingerprint density at radius 3 is 2.78 bits per heavy atom. The lowest BCUT2D eigenvalue weighted by molar-refractivity contribution is 0.468. The van der Waals surface area contributed by atoms with E-state index in [0.717, 1.165) is 25.9 Å². The number of rotatable bonds is 4. The summed E-state index contributed by atoms with van der Waals surface area (Å²) in [5.74, 6) is 0. The molecule has 0 spiro atoms. The SMILES string of the molecule is CCc1cccc(C[C@]2(c3ccc4[nH]ccc4c3)CCNC2)c1. The van der Waals surface area contributed by atoms with Crippen LogP contribution in [0.25, 0.3) is 10.9 Å². The molecule has 0 amide bonds. The number of H-pyrrole nitrogens is 1. The highest BCUT2D eigenvalue weighted by Crippen LogP contribution is 2.36. The van der Waals surface area contributed by atoms with Gasteiger partial charge in [0.15, 0.2) is 0 Å². The van der Waals surface area contributed by atoms with Crippen molar-refractivity contribution in [2.45, 2.75) is 31.6 Å². The van der Waals surface area contributed by atoms with Gasteiger partial charge in [-0.3, -0.25) is 0 Å². The van der Waals surface area contributed by atoms with Gasteiger partial charge in [-0.1, -0.05) is 37.3 Å². The molecule has 2 heterocycles. The van der Waals surface area contributed by atoms with Gasteiger partial charge in [-0.2, -0.15) is 0 Å². The average molecular weight is 304 g/mol. The largest absolute Gasteiger partial charge is 0.361 e. The Hall–Kier alpha value is -2.06. The summed E-state index contributed by atoms with van der Waals surface area (Å²) in [7, 11) is 0. The van der Waals surface area contributed by atoms with Gasteiger partial charge in [-0.25, -0.2) is 0 Å². The third kappa shape index (κ3) is 2.68. The summed E-state index contributed by atoms with van der Waals surface area (Å²) < 4.78 is 0. The zero-order chi connectivity index (χ0) is 15.7. The molecule has 4 rings (SSSR count). The summed E-state index contributed by atoms with van der Waals surface area (Å²) in [4.78, 5) is 3.30. The number of hydrogen-bond acceptors (Lipinski definition) is 1. The first kappa shape index (κ1) is 14.5. The zero-order valence-corrected chi connectivity index (χ0v) is 13.7. The minimum atomic E-state index is 0.220. The first-order valence-electron chi connectivity index (χ1n) is 8.65. The summed E-state index contributed by atoms with van der Waals surface area (Å²) in [6.45, 7) is 4.41. The molecule has 3 aromatic rings. The van der Waals surface area contributed by atoms with Crippen molar-refractivity contribution in [2.24, 2.45) is 0 Å². The molecule has 2 aromatic carbocycles. The summed E-state index contributed by atoms with van der Waals surface area (Å²) in [6, 6.07) is 18.2. The van der Waals surface area contributed by atoms with Crippen molar-refractivity contribution in [2.75, 3.05) is 13.1 Å². The molecular formula is C21H24N2. The lowest BCUT2D eigenvalue weighted by Crippen LogP contribution is -2.31. The fraction of sp³-hybridized carbons (Fsp3) is 0.333. The van der Waals surface area contributed by atoms with E-state index in [4.69, 9.17) is 0 Å². The van der Waals surface area contributed by atoms with Crippen LogP contribution in [0, 0.1) is 0 Å².